The molecule has 16 heavy (non-hydrogen) atoms. The number of aromatic nitrogens is 3. The number of rotatable bonds is 4. The van der Waals surface area contributed by atoms with Crippen LogP contribution in [-0.2, 0) is 13.1 Å². The lowest BCUT2D eigenvalue weighted by molar-refractivity contribution is 0.385. The van der Waals surface area contributed by atoms with E-state index in [0.717, 1.165) is 5.56 Å². The van der Waals surface area contributed by atoms with Gasteiger partial charge in [0.25, 0.3) is 0 Å². The van der Waals surface area contributed by atoms with E-state index in [9.17, 15) is 4.39 Å². The van der Waals surface area contributed by atoms with Crippen molar-refractivity contribution in [1.82, 2.24) is 20.4 Å². The van der Waals surface area contributed by atoms with E-state index < -0.39 is 0 Å². The highest BCUT2D eigenvalue weighted by atomic mass is 19.1. The lowest BCUT2D eigenvalue weighted by Crippen LogP contribution is -2.14. The van der Waals surface area contributed by atoms with Gasteiger partial charge in [-0.15, -0.1) is 0 Å². The van der Waals surface area contributed by atoms with Crippen molar-refractivity contribution in [2.45, 2.75) is 20.0 Å². The highest BCUT2D eigenvalue weighted by molar-refractivity contribution is 5.09. The van der Waals surface area contributed by atoms with Crippen LogP contribution in [0.2, 0.25) is 0 Å². The Hall–Kier alpha value is -1.82. The average Bonchev–Trinajstić information content (AvgIpc) is 2.64. The molecule has 0 aromatic carbocycles. The first-order valence-electron chi connectivity index (χ1n) is 4.83. The van der Waals surface area contributed by atoms with Crippen LogP contribution in [0.25, 0.3) is 0 Å². The van der Waals surface area contributed by atoms with Crippen LogP contribution in [0.4, 0.5) is 4.39 Å². The summed E-state index contributed by atoms with van der Waals surface area (Å²) in [5.41, 5.74) is 0.778. The summed E-state index contributed by atoms with van der Waals surface area (Å²) in [7, 11) is 0. The zero-order valence-electron chi connectivity index (χ0n) is 8.77. The standard InChI is InChI=1S/C10H11FN4O/c1-7-14-10(15-16-7)6-13-4-8-2-9(11)5-12-3-8/h2-3,5,13H,4,6H2,1H3. The summed E-state index contributed by atoms with van der Waals surface area (Å²) in [5, 5.41) is 6.79. The molecule has 0 spiro atoms. The van der Waals surface area contributed by atoms with Gasteiger partial charge in [0.15, 0.2) is 5.82 Å². The second kappa shape index (κ2) is 4.80. The number of hydrogen-bond acceptors (Lipinski definition) is 5. The second-order valence-electron chi connectivity index (χ2n) is 3.34. The molecule has 1 N–H and O–H groups in total. The molecule has 0 aliphatic heterocycles. The van der Waals surface area contributed by atoms with Crippen molar-refractivity contribution in [3.05, 3.63) is 41.6 Å². The Kier molecular flexibility index (Phi) is 3.21. The molecule has 0 radical (unpaired) electrons. The van der Waals surface area contributed by atoms with Crippen LogP contribution >= 0.6 is 0 Å². The molecular weight excluding hydrogens is 211 g/mol. The van der Waals surface area contributed by atoms with Gasteiger partial charge in [0, 0.05) is 19.7 Å². The molecule has 5 nitrogen and oxygen atoms in total. The molecule has 6 heteroatoms. The third-order valence-electron chi connectivity index (χ3n) is 1.94. The molecule has 2 aromatic rings. The second-order valence-corrected chi connectivity index (χ2v) is 3.34. The van der Waals surface area contributed by atoms with Gasteiger partial charge in [0.1, 0.15) is 5.82 Å². The number of hydrogen-bond donors (Lipinski definition) is 1. The number of aryl methyl sites for hydroxylation is 1. The molecule has 0 unspecified atom stereocenters. The van der Waals surface area contributed by atoms with Gasteiger partial charge < -0.3 is 9.84 Å². The predicted octanol–water partition coefficient (Wildman–Crippen LogP) is 1.20. The van der Waals surface area contributed by atoms with Crippen molar-refractivity contribution in [2.75, 3.05) is 0 Å². The van der Waals surface area contributed by atoms with E-state index in [1.807, 2.05) is 0 Å². The van der Waals surface area contributed by atoms with Gasteiger partial charge in [0.2, 0.25) is 5.89 Å². The lowest BCUT2D eigenvalue weighted by Gasteiger charge is -2.01. The molecule has 0 saturated carbocycles. The van der Waals surface area contributed by atoms with E-state index in [-0.39, 0.29) is 5.82 Å². The Labute approximate surface area is 91.7 Å². The van der Waals surface area contributed by atoms with E-state index in [2.05, 4.69) is 20.4 Å². The summed E-state index contributed by atoms with van der Waals surface area (Å²) in [4.78, 5) is 7.78. The molecule has 0 bridgehead atoms. The van der Waals surface area contributed by atoms with Gasteiger partial charge in [-0.1, -0.05) is 5.16 Å². The molecule has 2 heterocycles. The predicted molar refractivity (Wildman–Crippen MR) is 53.8 cm³/mol. The highest BCUT2D eigenvalue weighted by Gasteiger charge is 2.01. The maximum atomic E-state index is 12.8. The minimum absolute atomic E-state index is 0.338. The first-order valence-corrected chi connectivity index (χ1v) is 4.83. The largest absolute Gasteiger partial charge is 0.340 e. The normalized spacial score (nSPS) is 10.6. The summed E-state index contributed by atoms with van der Waals surface area (Å²) in [6, 6.07) is 1.43. The van der Waals surface area contributed by atoms with Gasteiger partial charge in [-0.05, 0) is 11.6 Å². The first kappa shape index (κ1) is 10.7. The molecule has 0 aliphatic rings. The molecular formula is C10H11FN4O. The Morgan fingerprint density at radius 2 is 2.25 bits per heavy atom. The fourth-order valence-electron chi connectivity index (χ4n) is 1.28. The van der Waals surface area contributed by atoms with Gasteiger partial charge in [-0.25, -0.2) is 4.39 Å². The van der Waals surface area contributed by atoms with Crippen molar-refractivity contribution >= 4 is 0 Å². The maximum Gasteiger partial charge on any atom is 0.223 e. The Morgan fingerprint density at radius 1 is 1.38 bits per heavy atom. The van der Waals surface area contributed by atoms with Crippen LogP contribution in [0, 0.1) is 12.7 Å². The Balaban J connectivity index is 1.84. The summed E-state index contributed by atoms with van der Waals surface area (Å²) in [5.74, 6) is 0.779. The fraction of sp³-hybridized carbons (Fsp3) is 0.300. The van der Waals surface area contributed by atoms with Crippen molar-refractivity contribution in [1.29, 1.82) is 0 Å². The van der Waals surface area contributed by atoms with Crippen molar-refractivity contribution in [2.24, 2.45) is 0 Å². The van der Waals surface area contributed by atoms with E-state index in [1.165, 1.54) is 12.3 Å². The number of pyridine rings is 1. The van der Waals surface area contributed by atoms with Crippen LogP contribution in [0.5, 0.6) is 0 Å². The molecule has 0 amide bonds. The fourth-order valence-corrected chi connectivity index (χ4v) is 1.28. The van der Waals surface area contributed by atoms with Crippen molar-refractivity contribution < 1.29 is 8.91 Å². The van der Waals surface area contributed by atoms with Gasteiger partial charge in [0.05, 0.1) is 12.7 Å². The minimum Gasteiger partial charge on any atom is -0.340 e. The molecule has 0 saturated heterocycles. The zero-order valence-corrected chi connectivity index (χ0v) is 8.77. The minimum atomic E-state index is -0.338. The molecule has 0 aliphatic carbocycles. The monoisotopic (exact) mass is 222 g/mol. The molecule has 0 fully saturated rings. The lowest BCUT2D eigenvalue weighted by atomic mass is 10.3. The van der Waals surface area contributed by atoms with Gasteiger partial charge in [-0.2, -0.15) is 4.98 Å². The van der Waals surface area contributed by atoms with E-state index in [0.29, 0.717) is 24.8 Å². The average molecular weight is 222 g/mol. The summed E-state index contributed by atoms with van der Waals surface area (Å²) >= 11 is 0. The van der Waals surface area contributed by atoms with Crippen LogP contribution < -0.4 is 5.32 Å². The SMILES string of the molecule is Cc1nc(CNCc2cncc(F)c2)no1. The van der Waals surface area contributed by atoms with Crippen LogP contribution in [0.15, 0.2) is 23.0 Å². The number of halogens is 1. The molecule has 84 valence electrons. The summed E-state index contributed by atoms with van der Waals surface area (Å²) in [6.45, 7) is 2.72. The molecule has 2 rings (SSSR count). The first-order chi connectivity index (χ1) is 7.74. The number of nitrogens with zero attached hydrogens (tertiary/aromatic N) is 3. The van der Waals surface area contributed by atoms with E-state index in [1.54, 1.807) is 13.1 Å². The van der Waals surface area contributed by atoms with Crippen molar-refractivity contribution in [3.63, 3.8) is 0 Å². The zero-order chi connectivity index (χ0) is 11.4. The van der Waals surface area contributed by atoms with Gasteiger partial charge in [-0.3, -0.25) is 4.98 Å². The molecule has 2 aromatic heterocycles. The van der Waals surface area contributed by atoms with Crippen LogP contribution in [-0.4, -0.2) is 15.1 Å². The summed E-state index contributed by atoms with van der Waals surface area (Å²) in [6.07, 6.45) is 2.78. The third kappa shape index (κ3) is 2.83. The van der Waals surface area contributed by atoms with Crippen LogP contribution in [0.3, 0.4) is 0 Å². The van der Waals surface area contributed by atoms with E-state index in [4.69, 9.17) is 4.52 Å². The third-order valence-corrected chi connectivity index (χ3v) is 1.94. The maximum absolute atomic E-state index is 12.8. The van der Waals surface area contributed by atoms with Gasteiger partial charge >= 0.3 is 0 Å². The quantitative estimate of drug-likeness (QED) is 0.842. The Morgan fingerprint density at radius 3 is 2.94 bits per heavy atom. The van der Waals surface area contributed by atoms with Crippen molar-refractivity contribution in [3.8, 4) is 0 Å². The Bertz CT molecular complexity index is 471. The topological polar surface area (TPSA) is 63.8 Å². The number of nitrogens with one attached hydrogen (secondary N) is 1. The van der Waals surface area contributed by atoms with Crippen LogP contribution in [0.1, 0.15) is 17.3 Å². The van der Waals surface area contributed by atoms with E-state index >= 15 is 0 Å². The highest BCUT2D eigenvalue weighted by Crippen LogP contribution is 2.01. The molecule has 0 atom stereocenters. The summed E-state index contributed by atoms with van der Waals surface area (Å²) < 4.78 is 17.6. The smallest absolute Gasteiger partial charge is 0.223 e.